The molecule has 1 aromatic heterocycles. The van der Waals surface area contributed by atoms with Crippen LogP contribution in [-0.4, -0.2) is 28.0 Å². The zero-order valence-electron chi connectivity index (χ0n) is 17.7. The van der Waals surface area contributed by atoms with Crippen LogP contribution < -0.4 is 4.74 Å². The number of nitrogens with zero attached hydrogens (tertiary/aromatic N) is 2. The molecule has 0 unspecified atom stereocenters. The second-order valence-corrected chi connectivity index (χ2v) is 8.39. The molecule has 0 amide bonds. The maximum absolute atomic E-state index is 13.2. The Morgan fingerprint density at radius 2 is 1.85 bits per heavy atom. The molecule has 1 aliphatic rings. The third-order valence-corrected chi connectivity index (χ3v) is 6.27. The van der Waals surface area contributed by atoms with Gasteiger partial charge >= 0.3 is 11.9 Å². The number of ketones is 2. The van der Waals surface area contributed by atoms with Crippen molar-refractivity contribution in [1.82, 2.24) is 4.57 Å². The lowest BCUT2D eigenvalue weighted by Gasteiger charge is -2.05. The molecule has 0 radical (unpaired) electrons. The first-order valence-electron chi connectivity index (χ1n) is 10.3. The van der Waals surface area contributed by atoms with Gasteiger partial charge in [-0.3, -0.25) is 9.59 Å². The van der Waals surface area contributed by atoms with Gasteiger partial charge in [0.25, 0.3) is 5.78 Å². The fourth-order valence-corrected chi connectivity index (χ4v) is 4.62. The summed E-state index contributed by atoms with van der Waals surface area (Å²) >= 11 is 3.45. The molecular weight excluding hydrogens is 488 g/mol. The smallest absolute Gasteiger partial charge is 0.332 e. The fourth-order valence-electron chi connectivity index (χ4n) is 4.15. The Morgan fingerprint density at radius 3 is 2.58 bits per heavy atom. The van der Waals surface area contributed by atoms with E-state index in [1.165, 1.54) is 6.92 Å². The summed E-state index contributed by atoms with van der Waals surface area (Å²) in [5.74, 6) is -1.20. The van der Waals surface area contributed by atoms with Crippen molar-refractivity contribution in [2.75, 3.05) is 0 Å². The average molecular weight is 505 g/mol. The molecular formula is C25H17BrN2O5. The van der Waals surface area contributed by atoms with Crippen LogP contribution in [0.2, 0.25) is 0 Å². The Labute approximate surface area is 196 Å². The first kappa shape index (κ1) is 21.1. The van der Waals surface area contributed by atoms with Gasteiger partial charge in [-0.25, -0.2) is 4.79 Å². The molecule has 0 saturated heterocycles. The molecule has 2 heterocycles. The van der Waals surface area contributed by atoms with Crippen LogP contribution in [0.25, 0.3) is 21.8 Å². The largest absolute Gasteiger partial charge is 0.432 e. The van der Waals surface area contributed by atoms with Crippen LogP contribution in [-0.2, 0) is 16.2 Å². The molecule has 0 spiro atoms. The summed E-state index contributed by atoms with van der Waals surface area (Å²) in [6.45, 7) is 3.89. The topological polar surface area (TPSA) is 87.0 Å². The molecule has 1 aliphatic heterocycles. The molecule has 33 heavy (non-hydrogen) atoms. The molecule has 4 aromatic rings. The number of fused-ring (bicyclic) bond motifs is 5. The number of benzene rings is 3. The number of rotatable bonds is 4. The molecule has 0 aliphatic carbocycles. The van der Waals surface area contributed by atoms with E-state index in [1.807, 2.05) is 43.3 Å². The van der Waals surface area contributed by atoms with E-state index in [0.717, 1.165) is 16.4 Å². The summed E-state index contributed by atoms with van der Waals surface area (Å²) in [6, 6.07) is 16.3. The van der Waals surface area contributed by atoms with Gasteiger partial charge in [-0.05, 0) is 54.5 Å². The SMILES string of the molecule is CCn1c2ccc(C(=O)c3ccccc3Br)cc2c2c3c(ccc21)C(=O)/C(=N/OC(C)=O)O3. The van der Waals surface area contributed by atoms with Crippen LogP contribution in [0, 0.1) is 0 Å². The van der Waals surface area contributed by atoms with Gasteiger partial charge in [0.05, 0.1) is 16.5 Å². The quantitative estimate of drug-likeness (QED) is 0.215. The normalized spacial score (nSPS) is 14.0. The molecule has 0 saturated carbocycles. The van der Waals surface area contributed by atoms with Crippen molar-refractivity contribution in [2.24, 2.45) is 5.16 Å². The van der Waals surface area contributed by atoms with Crippen LogP contribution in [0.4, 0.5) is 0 Å². The van der Waals surface area contributed by atoms with Crippen molar-refractivity contribution in [3.8, 4) is 5.75 Å². The molecule has 0 N–H and O–H groups in total. The van der Waals surface area contributed by atoms with E-state index in [-0.39, 0.29) is 11.7 Å². The number of ether oxygens (including phenoxy) is 1. The van der Waals surface area contributed by atoms with Crippen LogP contribution >= 0.6 is 15.9 Å². The second-order valence-electron chi connectivity index (χ2n) is 7.53. The first-order chi connectivity index (χ1) is 15.9. The number of aryl methyl sites for hydroxylation is 1. The number of hydrogen-bond acceptors (Lipinski definition) is 6. The maximum atomic E-state index is 13.2. The zero-order valence-corrected chi connectivity index (χ0v) is 19.3. The van der Waals surface area contributed by atoms with Crippen molar-refractivity contribution in [3.63, 3.8) is 0 Å². The second kappa shape index (κ2) is 7.97. The number of carbonyl (C=O) groups excluding carboxylic acids is 3. The van der Waals surface area contributed by atoms with E-state index >= 15 is 0 Å². The molecule has 5 rings (SSSR count). The van der Waals surface area contributed by atoms with Crippen LogP contribution in [0.1, 0.15) is 40.1 Å². The molecule has 3 aromatic carbocycles. The zero-order chi connectivity index (χ0) is 23.3. The fraction of sp³-hybridized carbons (Fsp3) is 0.120. The van der Waals surface area contributed by atoms with Gasteiger partial charge in [-0.2, -0.15) is 0 Å². The summed E-state index contributed by atoms with van der Waals surface area (Å²) in [5, 5.41) is 5.04. The third kappa shape index (κ3) is 3.34. The van der Waals surface area contributed by atoms with Crippen molar-refractivity contribution >= 4 is 61.2 Å². The summed E-state index contributed by atoms with van der Waals surface area (Å²) in [6.07, 6.45) is 0. The molecule has 7 nitrogen and oxygen atoms in total. The lowest BCUT2D eigenvalue weighted by atomic mass is 10.00. The summed E-state index contributed by atoms with van der Waals surface area (Å²) in [7, 11) is 0. The van der Waals surface area contributed by atoms with E-state index in [0.29, 0.717) is 38.8 Å². The lowest BCUT2D eigenvalue weighted by molar-refractivity contribution is -0.141. The molecule has 8 heteroatoms. The van der Waals surface area contributed by atoms with E-state index in [9.17, 15) is 14.4 Å². The van der Waals surface area contributed by atoms with Gasteiger partial charge in [-0.15, -0.1) is 0 Å². The van der Waals surface area contributed by atoms with Gasteiger partial charge < -0.3 is 14.1 Å². The van der Waals surface area contributed by atoms with Crippen LogP contribution in [0.5, 0.6) is 5.75 Å². The average Bonchev–Trinajstić information content (AvgIpc) is 3.31. The van der Waals surface area contributed by atoms with Gasteiger partial charge in [-0.1, -0.05) is 28.1 Å². The minimum atomic E-state index is -0.655. The Balaban J connectivity index is 1.73. The highest BCUT2D eigenvalue weighted by Crippen LogP contribution is 2.41. The van der Waals surface area contributed by atoms with Crippen molar-refractivity contribution in [1.29, 1.82) is 0 Å². The minimum absolute atomic E-state index is 0.122. The predicted molar refractivity (Wildman–Crippen MR) is 127 cm³/mol. The Hall–Kier alpha value is -3.78. The number of halogens is 1. The van der Waals surface area contributed by atoms with E-state index in [1.54, 1.807) is 18.2 Å². The lowest BCUT2D eigenvalue weighted by Crippen LogP contribution is -2.13. The number of carbonyl (C=O) groups is 3. The predicted octanol–water partition coefficient (Wildman–Crippen LogP) is 5.26. The van der Waals surface area contributed by atoms with E-state index in [2.05, 4.69) is 30.5 Å². The highest BCUT2D eigenvalue weighted by Gasteiger charge is 2.33. The summed E-state index contributed by atoms with van der Waals surface area (Å²) in [5.41, 5.74) is 3.17. The Morgan fingerprint density at radius 1 is 1.09 bits per heavy atom. The van der Waals surface area contributed by atoms with Gasteiger partial charge in [0, 0.05) is 40.0 Å². The van der Waals surface area contributed by atoms with Crippen LogP contribution in [0.3, 0.4) is 0 Å². The van der Waals surface area contributed by atoms with Crippen LogP contribution in [0.15, 0.2) is 64.2 Å². The highest BCUT2D eigenvalue weighted by molar-refractivity contribution is 9.10. The molecule has 0 atom stereocenters. The van der Waals surface area contributed by atoms with Gasteiger partial charge in [0.1, 0.15) is 0 Å². The number of hydrogen-bond donors (Lipinski definition) is 0. The summed E-state index contributed by atoms with van der Waals surface area (Å²) < 4.78 is 8.58. The molecule has 164 valence electrons. The van der Waals surface area contributed by atoms with E-state index < -0.39 is 11.8 Å². The Kier molecular flexibility index (Phi) is 5.09. The first-order valence-corrected chi connectivity index (χ1v) is 11.1. The van der Waals surface area contributed by atoms with Crippen molar-refractivity contribution in [2.45, 2.75) is 20.4 Å². The van der Waals surface area contributed by atoms with Crippen molar-refractivity contribution < 1.29 is 24.0 Å². The summed E-state index contributed by atoms with van der Waals surface area (Å²) in [4.78, 5) is 41.7. The third-order valence-electron chi connectivity index (χ3n) is 5.57. The Bertz CT molecular complexity index is 1530. The van der Waals surface area contributed by atoms with Gasteiger partial charge in [0.15, 0.2) is 11.5 Å². The minimum Gasteiger partial charge on any atom is -0.432 e. The molecule has 0 bridgehead atoms. The van der Waals surface area contributed by atoms with Crippen molar-refractivity contribution in [3.05, 3.63) is 75.8 Å². The monoisotopic (exact) mass is 504 g/mol. The number of aromatic nitrogens is 1. The maximum Gasteiger partial charge on any atom is 0.332 e. The standard InChI is InChI=1S/C25H17BrN2O5/c1-3-28-19-10-8-14(22(30)15-6-4-5-7-18(15)26)12-17(19)21-20(28)11-9-16-23(31)25(32-24(16)21)27-33-13(2)29/h4-12H,3H2,1-2H3/b27-25-. The number of Topliss-reactive ketones (excluding diaryl/α,β-unsaturated/α-hetero) is 1. The van der Waals surface area contributed by atoms with E-state index in [4.69, 9.17) is 4.74 Å². The van der Waals surface area contributed by atoms with Gasteiger partial charge in [0.2, 0.25) is 0 Å². The molecule has 0 fully saturated rings. The number of oxime groups is 1. The highest BCUT2D eigenvalue weighted by atomic mass is 79.9.